The molecule has 1 aromatic heterocycles. The number of ether oxygens (including phenoxy) is 2. The zero-order valence-electron chi connectivity index (χ0n) is 10.8. The Balaban J connectivity index is 2.72. The van der Waals surface area contributed by atoms with Crippen molar-refractivity contribution in [3.05, 3.63) is 22.4 Å². The van der Waals surface area contributed by atoms with E-state index in [1.54, 1.807) is 32.9 Å². The first-order valence-corrected chi connectivity index (χ1v) is 6.84. The third-order valence-electron chi connectivity index (χ3n) is 2.45. The fourth-order valence-electron chi connectivity index (χ4n) is 1.48. The van der Waals surface area contributed by atoms with Gasteiger partial charge in [0.25, 0.3) is 0 Å². The molecule has 100 valence electrons. The zero-order chi connectivity index (χ0) is 13.5. The number of carbonyl (C=O) groups excluding carboxylic acids is 2. The molecule has 1 atom stereocenters. The highest BCUT2D eigenvalue weighted by atomic mass is 32.1. The highest BCUT2D eigenvalue weighted by molar-refractivity contribution is 7.12. The standard InChI is InChI=1S/C13H18O4S/c1-4-16-13(17-5-2)12(15)9(3)11(14)10-7-6-8-18-10/h6-9,13H,4-5H2,1-3H3. The van der Waals surface area contributed by atoms with Crippen LogP contribution in [0.15, 0.2) is 17.5 Å². The van der Waals surface area contributed by atoms with E-state index in [2.05, 4.69) is 0 Å². The Bertz CT molecular complexity index is 380. The van der Waals surface area contributed by atoms with Gasteiger partial charge < -0.3 is 9.47 Å². The molecule has 0 N–H and O–H groups in total. The maximum atomic E-state index is 12.1. The number of carbonyl (C=O) groups is 2. The lowest BCUT2D eigenvalue weighted by atomic mass is 9.99. The molecule has 0 radical (unpaired) electrons. The second-order valence-corrected chi connectivity index (χ2v) is 4.66. The highest BCUT2D eigenvalue weighted by Gasteiger charge is 2.30. The SMILES string of the molecule is CCOC(OCC)C(=O)C(C)C(=O)c1cccs1. The average molecular weight is 270 g/mol. The van der Waals surface area contributed by atoms with E-state index in [0.717, 1.165) is 0 Å². The Morgan fingerprint density at radius 2 is 1.89 bits per heavy atom. The Hall–Kier alpha value is -1.04. The summed E-state index contributed by atoms with van der Waals surface area (Å²) < 4.78 is 10.4. The summed E-state index contributed by atoms with van der Waals surface area (Å²) in [7, 11) is 0. The summed E-state index contributed by atoms with van der Waals surface area (Å²) in [6, 6.07) is 3.50. The zero-order valence-corrected chi connectivity index (χ0v) is 11.7. The van der Waals surface area contributed by atoms with Crippen molar-refractivity contribution in [3.63, 3.8) is 0 Å². The molecule has 1 rings (SSSR count). The van der Waals surface area contributed by atoms with Crippen molar-refractivity contribution in [2.45, 2.75) is 27.1 Å². The van der Waals surface area contributed by atoms with Crippen LogP contribution >= 0.6 is 11.3 Å². The Morgan fingerprint density at radius 1 is 1.28 bits per heavy atom. The molecule has 1 unspecified atom stereocenters. The van der Waals surface area contributed by atoms with Gasteiger partial charge in [0.15, 0.2) is 11.6 Å². The molecule has 0 fully saturated rings. The van der Waals surface area contributed by atoms with E-state index >= 15 is 0 Å². The number of hydrogen-bond acceptors (Lipinski definition) is 5. The largest absolute Gasteiger partial charge is 0.346 e. The molecule has 4 nitrogen and oxygen atoms in total. The lowest BCUT2D eigenvalue weighted by Gasteiger charge is -2.18. The van der Waals surface area contributed by atoms with Gasteiger partial charge in [0.1, 0.15) is 0 Å². The Morgan fingerprint density at radius 3 is 2.33 bits per heavy atom. The summed E-state index contributed by atoms with van der Waals surface area (Å²) in [5.74, 6) is -1.25. The van der Waals surface area contributed by atoms with Gasteiger partial charge in [-0.3, -0.25) is 9.59 Å². The number of Topliss-reactive ketones (excluding diaryl/α,β-unsaturated/α-hetero) is 2. The molecule has 0 aromatic carbocycles. The summed E-state index contributed by atoms with van der Waals surface area (Å²) in [6.07, 6.45) is -0.945. The molecule has 0 amide bonds. The van der Waals surface area contributed by atoms with E-state index in [0.29, 0.717) is 18.1 Å². The first-order valence-electron chi connectivity index (χ1n) is 5.96. The number of hydrogen-bond donors (Lipinski definition) is 0. The Kier molecular flexibility index (Phi) is 6.18. The van der Waals surface area contributed by atoms with Gasteiger partial charge in [0.2, 0.25) is 6.29 Å². The molecule has 0 saturated heterocycles. The molecule has 1 aromatic rings. The number of ketones is 2. The summed E-state index contributed by atoms with van der Waals surface area (Å²) >= 11 is 1.33. The van der Waals surface area contributed by atoms with Gasteiger partial charge in [-0.05, 0) is 32.2 Å². The second-order valence-electron chi connectivity index (χ2n) is 3.71. The number of rotatable bonds is 8. The average Bonchev–Trinajstić information content (AvgIpc) is 2.89. The van der Waals surface area contributed by atoms with Crippen LogP contribution in [0.2, 0.25) is 0 Å². The molecule has 0 aliphatic rings. The topological polar surface area (TPSA) is 52.6 Å². The van der Waals surface area contributed by atoms with Crippen LogP contribution < -0.4 is 0 Å². The van der Waals surface area contributed by atoms with Crippen molar-refractivity contribution in [2.75, 3.05) is 13.2 Å². The van der Waals surface area contributed by atoms with Crippen LogP contribution in [0, 0.1) is 5.92 Å². The smallest absolute Gasteiger partial charge is 0.218 e. The molecule has 0 bridgehead atoms. The first-order chi connectivity index (χ1) is 8.61. The minimum Gasteiger partial charge on any atom is -0.346 e. The summed E-state index contributed by atoms with van der Waals surface area (Å²) in [6.45, 7) is 5.90. The van der Waals surface area contributed by atoms with Crippen molar-refractivity contribution in [1.82, 2.24) is 0 Å². The van der Waals surface area contributed by atoms with Crippen LogP contribution in [0.1, 0.15) is 30.4 Å². The van der Waals surface area contributed by atoms with Crippen molar-refractivity contribution in [1.29, 1.82) is 0 Å². The van der Waals surface area contributed by atoms with Crippen LogP contribution in [-0.4, -0.2) is 31.1 Å². The van der Waals surface area contributed by atoms with Crippen molar-refractivity contribution in [3.8, 4) is 0 Å². The molecular weight excluding hydrogens is 252 g/mol. The summed E-state index contributed by atoms with van der Waals surface area (Å²) in [4.78, 5) is 24.7. The van der Waals surface area contributed by atoms with Gasteiger partial charge in [-0.2, -0.15) is 0 Å². The fraction of sp³-hybridized carbons (Fsp3) is 0.538. The highest BCUT2D eigenvalue weighted by Crippen LogP contribution is 2.17. The fourth-order valence-corrected chi connectivity index (χ4v) is 2.23. The van der Waals surface area contributed by atoms with Crippen LogP contribution in [0.5, 0.6) is 0 Å². The normalized spacial score (nSPS) is 12.7. The molecule has 1 heterocycles. The predicted octanol–water partition coefficient (Wildman–Crippen LogP) is 2.54. The predicted molar refractivity (Wildman–Crippen MR) is 69.9 cm³/mol. The minimum absolute atomic E-state index is 0.181. The van der Waals surface area contributed by atoms with Crippen molar-refractivity contribution in [2.24, 2.45) is 5.92 Å². The first kappa shape index (κ1) is 15.0. The van der Waals surface area contributed by atoms with Gasteiger partial charge in [-0.1, -0.05) is 6.07 Å². The van der Waals surface area contributed by atoms with Crippen LogP contribution in [0.4, 0.5) is 0 Å². The molecule has 18 heavy (non-hydrogen) atoms. The minimum atomic E-state index is -0.945. The van der Waals surface area contributed by atoms with E-state index in [1.165, 1.54) is 11.3 Å². The van der Waals surface area contributed by atoms with Gasteiger partial charge in [-0.25, -0.2) is 0 Å². The van der Waals surface area contributed by atoms with E-state index in [1.807, 2.05) is 5.38 Å². The monoisotopic (exact) mass is 270 g/mol. The van der Waals surface area contributed by atoms with Gasteiger partial charge in [0, 0.05) is 13.2 Å². The van der Waals surface area contributed by atoms with Crippen LogP contribution in [0.25, 0.3) is 0 Å². The van der Waals surface area contributed by atoms with Gasteiger partial charge in [0.05, 0.1) is 10.8 Å². The third-order valence-corrected chi connectivity index (χ3v) is 3.34. The quantitative estimate of drug-likeness (QED) is 0.414. The molecule has 5 heteroatoms. The van der Waals surface area contributed by atoms with Crippen LogP contribution in [0.3, 0.4) is 0 Å². The van der Waals surface area contributed by atoms with Crippen molar-refractivity contribution >= 4 is 22.9 Å². The molecule has 0 aliphatic carbocycles. The van der Waals surface area contributed by atoms with E-state index in [-0.39, 0.29) is 11.6 Å². The lowest BCUT2D eigenvalue weighted by Crippen LogP contribution is -2.35. The van der Waals surface area contributed by atoms with Gasteiger partial charge >= 0.3 is 0 Å². The number of thiophene rings is 1. The maximum Gasteiger partial charge on any atom is 0.218 e. The third kappa shape index (κ3) is 3.73. The summed E-state index contributed by atoms with van der Waals surface area (Å²) in [5.41, 5.74) is 0. The van der Waals surface area contributed by atoms with E-state index in [9.17, 15) is 9.59 Å². The Labute approximate surface area is 111 Å². The molecule has 0 aliphatic heterocycles. The summed E-state index contributed by atoms with van der Waals surface area (Å²) in [5, 5.41) is 1.81. The van der Waals surface area contributed by atoms with Crippen LogP contribution in [-0.2, 0) is 14.3 Å². The lowest BCUT2D eigenvalue weighted by molar-refractivity contribution is -0.170. The molecule has 0 saturated carbocycles. The van der Waals surface area contributed by atoms with Crippen molar-refractivity contribution < 1.29 is 19.1 Å². The van der Waals surface area contributed by atoms with Gasteiger partial charge in [-0.15, -0.1) is 11.3 Å². The molecular formula is C13H18O4S. The van der Waals surface area contributed by atoms with E-state index in [4.69, 9.17) is 9.47 Å². The molecule has 0 spiro atoms. The maximum absolute atomic E-state index is 12.1. The second kappa shape index (κ2) is 7.41. The van der Waals surface area contributed by atoms with E-state index < -0.39 is 12.2 Å².